The summed E-state index contributed by atoms with van der Waals surface area (Å²) < 4.78 is 21.8. The number of rotatable bonds is 5. The van der Waals surface area contributed by atoms with E-state index in [1.807, 2.05) is 30.3 Å². The number of methoxy groups -OCH3 is 2. The third kappa shape index (κ3) is 3.52. The van der Waals surface area contributed by atoms with Crippen LogP contribution in [0.4, 0.5) is 0 Å². The molecule has 3 aromatic rings. The number of ether oxygens (including phenoxy) is 3. The first-order valence-electron chi connectivity index (χ1n) is 7.64. The molecule has 0 unspecified atom stereocenters. The van der Waals surface area contributed by atoms with Gasteiger partial charge in [-0.3, -0.25) is 0 Å². The Labute approximate surface area is 162 Å². The molecule has 0 saturated heterocycles. The molecule has 0 bridgehead atoms. The molecule has 1 heterocycles. The van der Waals surface area contributed by atoms with E-state index in [2.05, 4.69) is 27.3 Å². The van der Waals surface area contributed by atoms with Crippen molar-refractivity contribution < 1.29 is 23.4 Å². The molecular weight excluding hydrogens is 451 g/mol. The van der Waals surface area contributed by atoms with Crippen LogP contribution in [0.5, 0.6) is 11.5 Å². The van der Waals surface area contributed by atoms with Crippen molar-refractivity contribution in [3.63, 3.8) is 0 Å². The Morgan fingerprint density at radius 1 is 1.12 bits per heavy atom. The fraction of sp³-hybridized carbons (Fsp3) is 0.158. The van der Waals surface area contributed by atoms with Crippen LogP contribution in [-0.2, 0) is 11.3 Å². The summed E-state index contributed by atoms with van der Waals surface area (Å²) in [7, 11) is 2.67. The van der Waals surface area contributed by atoms with Gasteiger partial charge in [-0.05, 0) is 45.7 Å². The Morgan fingerprint density at radius 2 is 1.85 bits per heavy atom. The summed E-state index contributed by atoms with van der Waals surface area (Å²) >= 11 is 2.10. The fourth-order valence-electron chi connectivity index (χ4n) is 2.53. The normalized spacial score (nSPS) is 10.6. The molecule has 0 aliphatic carbocycles. The topological polar surface area (TPSA) is 75.0 Å². The maximum absolute atomic E-state index is 12.4. The molecule has 0 fully saturated rings. The van der Waals surface area contributed by atoms with Gasteiger partial charge in [0, 0.05) is 0 Å². The van der Waals surface area contributed by atoms with Crippen LogP contribution in [0.25, 0.3) is 10.8 Å². The molecule has 0 aliphatic heterocycles. The van der Waals surface area contributed by atoms with Crippen molar-refractivity contribution in [2.24, 2.45) is 0 Å². The average molecular weight is 466 g/mol. The highest BCUT2D eigenvalue weighted by atomic mass is 127. The molecule has 26 heavy (non-hydrogen) atoms. The lowest BCUT2D eigenvalue weighted by Gasteiger charge is -2.15. The highest BCUT2D eigenvalue weighted by molar-refractivity contribution is 14.1. The number of fused-ring (bicyclic) bond motifs is 1. The second-order valence-electron chi connectivity index (χ2n) is 5.35. The second-order valence-corrected chi connectivity index (χ2v) is 6.51. The lowest BCUT2D eigenvalue weighted by atomic mass is 10.1. The molecule has 0 amide bonds. The van der Waals surface area contributed by atoms with Gasteiger partial charge >= 0.3 is 11.6 Å². The van der Waals surface area contributed by atoms with Crippen molar-refractivity contribution in [1.29, 1.82) is 0 Å². The zero-order valence-electron chi connectivity index (χ0n) is 14.1. The molecule has 0 atom stereocenters. The Hall–Kier alpha value is -2.55. The Kier molecular flexibility index (Phi) is 5.46. The highest BCUT2D eigenvalue weighted by Crippen LogP contribution is 2.39. The summed E-state index contributed by atoms with van der Waals surface area (Å²) in [5.41, 5.74) is 0.291. The molecule has 2 aromatic carbocycles. The van der Waals surface area contributed by atoms with Crippen molar-refractivity contribution in [3.05, 3.63) is 67.8 Å². The number of carbonyl (C=O) groups excluding carboxylic acids is 1. The van der Waals surface area contributed by atoms with Crippen molar-refractivity contribution in [1.82, 2.24) is 0 Å². The van der Waals surface area contributed by atoms with Gasteiger partial charge in [-0.15, -0.1) is 0 Å². The minimum atomic E-state index is -0.720. The van der Waals surface area contributed by atoms with E-state index in [0.717, 1.165) is 9.13 Å². The number of benzene rings is 2. The molecule has 6 nitrogen and oxygen atoms in total. The number of hydrogen-bond acceptors (Lipinski definition) is 6. The van der Waals surface area contributed by atoms with E-state index in [-0.39, 0.29) is 16.9 Å². The lowest BCUT2D eigenvalue weighted by molar-refractivity contribution is 0.0560. The predicted octanol–water partition coefficient (Wildman–Crippen LogP) is 3.77. The number of hydrogen-bond donors (Lipinski definition) is 0. The first-order chi connectivity index (χ1) is 12.5. The third-order valence-corrected chi connectivity index (χ3v) is 4.53. The Bertz CT molecular complexity index is 1010. The average Bonchev–Trinajstić information content (AvgIpc) is 2.65. The van der Waals surface area contributed by atoms with E-state index in [1.165, 1.54) is 20.3 Å². The first-order valence-corrected chi connectivity index (χ1v) is 8.72. The molecule has 7 heteroatoms. The van der Waals surface area contributed by atoms with Gasteiger partial charge in [0.1, 0.15) is 12.0 Å². The Morgan fingerprint density at radius 3 is 2.50 bits per heavy atom. The van der Waals surface area contributed by atoms with Crippen LogP contribution >= 0.6 is 22.6 Å². The summed E-state index contributed by atoms with van der Waals surface area (Å²) in [6.07, 6.45) is 0. The summed E-state index contributed by atoms with van der Waals surface area (Å²) in [5, 5.41) is 0.721. The van der Waals surface area contributed by atoms with E-state index >= 15 is 0 Å². The summed E-state index contributed by atoms with van der Waals surface area (Å²) in [4.78, 5) is 24.1. The molecule has 0 saturated carbocycles. The van der Waals surface area contributed by atoms with Gasteiger partial charge in [0.2, 0.25) is 5.76 Å². The largest absolute Gasteiger partial charge is 0.492 e. The molecule has 3 rings (SSSR count). The molecular formula is C19H15IO6. The standard InChI is InChI=1S/C19H15IO6/c1-23-17-15-12(9-14(18(21)24-2)26-19(15)22)8-13(20)16(17)25-10-11-6-4-3-5-7-11/h3-9H,10H2,1-2H3. The monoisotopic (exact) mass is 466 g/mol. The third-order valence-electron chi connectivity index (χ3n) is 3.73. The van der Waals surface area contributed by atoms with Gasteiger partial charge in [-0.2, -0.15) is 0 Å². The minimum Gasteiger partial charge on any atom is -0.492 e. The zero-order valence-corrected chi connectivity index (χ0v) is 16.2. The SMILES string of the molecule is COC(=O)c1cc2cc(I)c(OCc3ccccc3)c(OC)c2c(=O)o1. The molecule has 0 spiro atoms. The van der Waals surface area contributed by atoms with Crippen molar-refractivity contribution in [2.75, 3.05) is 14.2 Å². The van der Waals surface area contributed by atoms with E-state index in [1.54, 1.807) is 6.07 Å². The number of carbonyl (C=O) groups is 1. The van der Waals surface area contributed by atoms with Gasteiger partial charge in [0.15, 0.2) is 11.5 Å². The van der Waals surface area contributed by atoms with Crippen molar-refractivity contribution >= 4 is 39.3 Å². The van der Waals surface area contributed by atoms with Gasteiger partial charge in [0.05, 0.1) is 17.8 Å². The second kappa shape index (κ2) is 7.77. The quantitative estimate of drug-likeness (QED) is 0.421. The fourth-order valence-corrected chi connectivity index (χ4v) is 3.27. The van der Waals surface area contributed by atoms with Crippen molar-refractivity contribution in [2.45, 2.75) is 6.61 Å². The van der Waals surface area contributed by atoms with Crippen LogP contribution in [-0.4, -0.2) is 20.2 Å². The summed E-state index contributed by atoms with van der Waals surface area (Å²) in [6, 6.07) is 12.8. The molecule has 0 N–H and O–H groups in total. The van der Waals surface area contributed by atoms with Crippen LogP contribution in [0.3, 0.4) is 0 Å². The predicted molar refractivity (Wildman–Crippen MR) is 104 cm³/mol. The van der Waals surface area contributed by atoms with Crippen molar-refractivity contribution in [3.8, 4) is 11.5 Å². The highest BCUT2D eigenvalue weighted by Gasteiger charge is 2.21. The van der Waals surface area contributed by atoms with E-state index in [0.29, 0.717) is 17.7 Å². The van der Waals surface area contributed by atoms with Gasteiger partial charge in [0.25, 0.3) is 0 Å². The van der Waals surface area contributed by atoms with Crippen LogP contribution in [0.2, 0.25) is 0 Å². The molecule has 1 aromatic heterocycles. The maximum atomic E-state index is 12.4. The van der Waals surface area contributed by atoms with Gasteiger partial charge in [-0.1, -0.05) is 30.3 Å². The van der Waals surface area contributed by atoms with E-state index in [9.17, 15) is 9.59 Å². The smallest absolute Gasteiger partial charge is 0.374 e. The summed E-state index contributed by atoms with van der Waals surface area (Å²) in [5.74, 6) is -0.168. The van der Waals surface area contributed by atoms with Crippen LogP contribution in [0.1, 0.15) is 16.1 Å². The molecule has 0 radical (unpaired) electrons. The van der Waals surface area contributed by atoms with Gasteiger partial charge < -0.3 is 18.6 Å². The van der Waals surface area contributed by atoms with Crippen LogP contribution in [0.15, 0.2) is 51.7 Å². The minimum absolute atomic E-state index is 0.166. The zero-order chi connectivity index (χ0) is 18.7. The molecule has 0 aliphatic rings. The molecule has 134 valence electrons. The number of halogens is 1. The summed E-state index contributed by atoms with van der Waals surface area (Å²) in [6.45, 7) is 0.324. The van der Waals surface area contributed by atoms with Crippen LogP contribution in [0, 0.1) is 3.57 Å². The Balaban J connectivity index is 2.10. The van der Waals surface area contributed by atoms with E-state index < -0.39 is 11.6 Å². The lowest BCUT2D eigenvalue weighted by Crippen LogP contribution is -2.10. The van der Waals surface area contributed by atoms with Crippen LogP contribution < -0.4 is 15.1 Å². The van der Waals surface area contributed by atoms with Gasteiger partial charge in [-0.25, -0.2) is 9.59 Å². The number of esters is 1. The first kappa shape index (κ1) is 18.2. The maximum Gasteiger partial charge on any atom is 0.374 e. The van der Waals surface area contributed by atoms with E-state index in [4.69, 9.17) is 13.9 Å².